The molecule has 0 radical (unpaired) electrons. The van der Waals surface area contributed by atoms with Gasteiger partial charge in [0.2, 0.25) is 0 Å². The summed E-state index contributed by atoms with van der Waals surface area (Å²) in [6.45, 7) is 10.6. The van der Waals surface area contributed by atoms with Crippen LogP contribution in [0.1, 0.15) is 41.5 Å². The molecule has 0 N–H and O–H groups in total. The van der Waals surface area contributed by atoms with E-state index < -0.39 is 23.5 Å². The monoisotopic (exact) mass is 243 g/mol. The Hall–Kier alpha value is -1.10. The number of Topliss-reactive ketones (excluding diaryl/α,β-unsaturated/α-hetero) is 1. The van der Waals surface area contributed by atoms with Crippen molar-refractivity contribution in [1.29, 1.82) is 0 Å². The number of nitrogens with zero attached hydrogens (tertiary/aromatic N) is 1. The number of carbonyl (C=O) groups is 2. The lowest BCUT2D eigenvalue weighted by molar-refractivity contribution is -0.133. The molecule has 0 bridgehead atoms. The van der Waals surface area contributed by atoms with E-state index in [1.165, 1.54) is 11.8 Å². The molecule has 1 aliphatic heterocycles. The summed E-state index contributed by atoms with van der Waals surface area (Å²) < 4.78 is 10.8. The largest absolute Gasteiger partial charge is 0.444 e. The highest BCUT2D eigenvalue weighted by molar-refractivity contribution is 5.82. The number of hydrogen-bond acceptors (Lipinski definition) is 4. The molecule has 1 rings (SSSR count). The quantitative estimate of drug-likeness (QED) is 0.706. The SMILES string of the molecule is CC(=O)[C@H]1CN(C(=O)OC(C)(C)C)C(C)(C)O1. The third kappa shape index (κ3) is 3.43. The Morgan fingerprint density at radius 3 is 2.24 bits per heavy atom. The fourth-order valence-electron chi connectivity index (χ4n) is 1.66. The maximum atomic E-state index is 12.0. The molecule has 1 amide bonds. The molecule has 1 fully saturated rings. The zero-order chi connectivity index (χ0) is 13.4. The van der Waals surface area contributed by atoms with Crippen molar-refractivity contribution >= 4 is 11.9 Å². The molecule has 1 aliphatic rings. The van der Waals surface area contributed by atoms with Crippen molar-refractivity contribution in [3.05, 3.63) is 0 Å². The van der Waals surface area contributed by atoms with Crippen LogP contribution < -0.4 is 0 Å². The molecule has 1 heterocycles. The first-order valence-electron chi connectivity index (χ1n) is 5.72. The van der Waals surface area contributed by atoms with Crippen LogP contribution in [0.4, 0.5) is 4.79 Å². The molecule has 0 aliphatic carbocycles. The molecule has 0 aromatic rings. The minimum absolute atomic E-state index is 0.0795. The summed E-state index contributed by atoms with van der Waals surface area (Å²) >= 11 is 0. The molecule has 17 heavy (non-hydrogen) atoms. The van der Waals surface area contributed by atoms with Gasteiger partial charge in [-0.05, 0) is 41.5 Å². The predicted molar refractivity (Wildman–Crippen MR) is 62.6 cm³/mol. The van der Waals surface area contributed by atoms with Gasteiger partial charge in [-0.2, -0.15) is 0 Å². The molecule has 1 saturated heterocycles. The highest BCUT2D eigenvalue weighted by atomic mass is 16.6. The minimum Gasteiger partial charge on any atom is -0.444 e. The summed E-state index contributed by atoms with van der Waals surface area (Å²) in [4.78, 5) is 24.7. The van der Waals surface area contributed by atoms with E-state index in [-0.39, 0.29) is 12.3 Å². The summed E-state index contributed by atoms with van der Waals surface area (Å²) in [7, 11) is 0. The lowest BCUT2D eigenvalue weighted by Crippen LogP contribution is -2.46. The van der Waals surface area contributed by atoms with Crippen molar-refractivity contribution in [1.82, 2.24) is 4.90 Å². The van der Waals surface area contributed by atoms with Crippen molar-refractivity contribution < 1.29 is 19.1 Å². The standard InChI is InChI=1S/C12H21NO4/c1-8(14)9-7-13(12(5,6)16-9)10(15)17-11(2,3)4/h9H,7H2,1-6H3/t9-/m1/s1. The van der Waals surface area contributed by atoms with Crippen LogP contribution in [0.5, 0.6) is 0 Å². The molecule has 0 spiro atoms. The second kappa shape index (κ2) is 4.29. The van der Waals surface area contributed by atoms with Crippen molar-refractivity contribution in [3.8, 4) is 0 Å². The lowest BCUT2D eigenvalue weighted by atomic mass is 10.2. The van der Waals surface area contributed by atoms with Crippen LogP contribution in [0.3, 0.4) is 0 Å². The third-order valence-electron chi connectivity index (χ3n) is 2.50. The van der Waals surface area contributed by atoms with Crippen LogP contribution in [0.2, 0.25) is 0 Å². The average molecular weight is 243 g/mol. The van der Waals surface area contributed by atoms with Crippen molar-refractivity contribution in [2.45, 2.75) is 59.0 Å². The fraction of sp³-hybridized carbons (Fsp3) is 0.833. The van der Waals surface area contributed by atoms with Gasteiger partial charge in [0.25, 0.3) is 0 Å². The topological polar surface area (TPSA) is 55.8 Å². The van der Waals surface area contributed by atoms with Gasteiger partial charge in [0, 0.05) is 0 Å². The van der Waals surface area contributed by atoms with Crippen LogP contribution in [-0.2, 0) is 14.3 Å². The van der Waals surface area contributed by atoms with Gasteiger partial charge in [0.15, 0.2) is 5.78 Å². The zero-order valence-corrected chi connectivity index (χ0v) is 11.4. The first-order valence-corrected chi connectivity index (χ1v) is 5.72. The summed E-state index contributed by atoms with van der Waals surface area (Å²) in [6, 6.07) is 0. The van der Waals surface area contributed by atoms with Gasteiger partial charge >= 0.3 is 6.09 Å². The second-order valence-corrected chi connectivity index (χ2v) is 5.75. The number of carbonyl (C=O) groups excluding carboxylic acids is 2. The Kier molecular flexibility index (Phi) is 3.52. The highest BCUT2D eigenvalue weighted by Crippen LogP contribution is 2.28. The smallest absolute Gasteiger partial charge is 0.412 e. The molecule has 5 nitrogen and oxygen atoms in total. The minimum atomic E-state index is -0.807. The van der Waals surface area contributed by atoms with Gasteiger partial charge in [-0.15, -0.1) is 0 Å². The van der Waals surface area contributed by atoms with E-state index in [2.05, 4.69) is 0 Å². The van der Waals surface area contributed by atoms with Gasteiger partial charge in [-0.25, -0.2) is 4.79 Å². The van der Waals surface area contributed by atoms with E-state index in [0.29, 0.717) is 0 Å². The first kappa shape index (κ1) is 14.0. The number of rotatable bonds is 1. The summed E-state index contributed by atoms with van der Waals surface area (Å²) in [5, 5.41) is 0. The molecular weight excluding hydrogens is 222 g/mol. The average Bonchev–Trinajstić information content (AvgIpc) is 2.38. The van der Waals surface area contributed by atoms with Gasteiger partial charge in [-0.3, -0.25) is 9.69 Å². The molecule has 0 unspecified atom stereocenters. The van der Waals surface area contributed by atoms with Gasteiger partial charge < -0.3 is 9.47 Å². The predicted octanol–water partition coefficient (Wildman–Crippen LogP) is 1.95. The van der Waals surface area contributed by atoms with E-state index in [0.717, 1.165) is 0 Å². The highest BCUT2D eigenvalue weighted by Gasteiger charge is 2.45. The third-order valence-corrected chi connectivity index (χ3v) is 2.50. The van der Waals surface area contributed by atoms with Gasteiger partial charge in [0.05, 0.1) is 6.54 Å². The van der Waals surface area contributed by atoms with Crippen LogP contribution in [0, 0.1) is 0 Å². The Labute approximate surface area is 102 Å². The molecule has 1 atom stereocenters. The number of ketones is 1. The van der Waals surface area contributed by atoms with E-state index in [4.69, 9.17) is 9.47 Å². The van der Waals surface area contributed by atoms with Crippen LogP contribution >= 0.6 is 0 Å². The lowest BCUT2D eigenvalue weighted by Gasteiger charge is -2.31. The maximum Gasteiger partial charge on any atom is 0.412 e. The van der Waals surface area contributed by atoms with Gasteiger partial charge in [-0.1, -0.05) is 0 Å². The number of hydrogen-bond donors (Lipinski definition) is 0. The maximum absolute atomic E-state index is 12.0. The van der Waals surface area contributed by atoms with Crippen LogP contribution in [0.25, 0.3) is 0 Å². The Balaban J connectivity index is 2.77. The molecule has 0 aromatic carbocycles. The van der Waals surface area contributed by atoms with E-state index in [9.17, 15) is 9.59 Å². The van der Waals surface area contributed by atoms with Gasteiger partial charge in [0.1, 0.15) is 17.4 Å². The Morgan fingerprint density at radius 1 is 1.35 bits per heavy atom. The van der Waals surface area contributed by atoms with Crippen LogP contribution in [0.15, 0.2) is 0 Å². The van der Waals surface area contributed by atoms with Crippen molar-refractivity contribution in [2.75, 3.05) is 6.54 Å². The number of amides is 1. The molecule has 5 heteroatoms. The number of ether oxygens (including phenoxy) is 2. The van der Waals surface area contributed by atoms with E-state index >= 15 is 0 Å². The molecule has 98 valence electrons. The van der Waals surface area contributed by atoms with E-state index in [1.807, 2.05) is 0 Å². The summed E-state index contributed by atoms with van der Waals surface area (Å²) in [5.41, 5.74) is -1.36. The first-order chi connectivity index (χ1) is 7.53. The zero-order valence-electron chi connectivity index (χ0n) is 11.4. The van der Waals surface area contributed by atoms with Crippen molar-refractivity contribution in [2.24, 2.45) is 0 Å². The normalized spacial score (nSPS) is 23.6. The second-order valence-electron chi connectivity index (χ2n) is 5.75. The Bertz CT molecular complexity index is 330. The van der Waals surface area contributed by atoms with E-state index in [1.54, 1.807) is 34.6 Å². The summed E-state index contributed by atoms with van der Waals surface area (Å²) in [5.74, 6) is -0.0795. The molecule has 0 saturated carbocycles. The van der Waals surface area contributed by atoms with Crippen molar-refractivity contribution in [3.63, 3.8) is 0 Å². The van der Waals surface area contributed by atoms with Crippen LogP contribution in [-0.4, -0.2) is 40.8 Å². The fourth-order valence-corrected chi connectivity index (χ4v) is 1.66. The molecular formula is C12H21NO4. The summed E-state index contributed by atoms with van der Waals surface area (Å²) in [6.07, 6.45) is -1.01. The molecule has 0 aromatic heterocycles. The Morgan fingerprint density at radius 2 is 1.88 bits per heavy atom.